The molecule has 0 unspecified atom stereocenters. The molecule has 4 N–H and O–H groups in total. The number of nitrogens with zero attached hydrogens (tertiary/aromatic N) is 6. The van der Waals surface area contributed by atoms with Crippen molar-refractivity contribution in [1.29, 1.82) is 5.26 Å². The highest BCUT2D eigenvalue weighted by molar-refractivity contribution is 6.03. The summed E-state index contributed by atoms with van der Waals surface area (Å²) in [6.07, 6.45) is 5.57. The normalized spacial score (nSPS) is 20.8. The number of likely N-dealkylation sites (tertiary alicyclic amines) is 1. The number of nitrogens with two attached hydrogens (primary N) is 2. The van der Waals surface area contributed by atoms with Gasteiger partial charge >= 0.3 is 6.09 Å². The van der Waals surface area contributed by atoms with Gasteiger partial charge in [-0.25, -0.2) is 9.48 Å². The number of amides is 2. The Morgan fingerprint density at radius 3 is 2.68 bits per heavy atom. The van der Waals surface area contributed by atoms with E-state index in [-0.39, 0.29) is 28.9 Å². The number of hydrogen-bond acceptors (Lipinski definition) is 7. The van der Waals surface area contributed by atoms with Crippen LogP contribution in [0.4, 0.5) is 10.6 Å². The van der Waals surface area contributed by atoms with E-state index in [1.807, 2.05) is 39.0 Å². The Hall–Kier alpha value is -4.33. The summed E-state index contributed by atoms with van der Waals surface area (Å²) >= 11 is 0. The van der Waals surface area contributed by atoms with Gasteiger partial charge in [0, 0.05) is 24.8 Å². The molecule has 1 aliphatic carbocycles. The predicted octanol–water partition coefficient (Wildman–Crippen LogP) is 3.31. The minimum Gasteiger partial charge on any atom is -0.444 e. The van der Waals surface area contributed by atoms with Crippen molar-refractivity contribution in [3.8, 4) is 17.3 Å². The van der Waals surface area contributed by atoms with E-state index in [1.165, 1.54) is 0 Å². The van der Waals surface area contributed by atoms with Gasteiger partial charge in [-0.2, -0.15) is 15.5 Å². The molecule has 1 saturated heterocycles. The van der Waals surface area contributed by atoms with Gasteiger partial charge in [0.25, 0.3) is 5.91 Å². The predicted molar refractivity (Wildman–Crippen MR) is 140 cm³/mol. The Labute approximate surface area is 220 Å². The standard InChI is InChI=1S/C27H32N8O3/c1-26(2,3)38-25(37)33-9-8-27(16-33)10-20(11-27)35-23(29)21(24(30)36)22(32-35)19-13-31-34(15-19)14-18-7-5-4-6-17(18)12-28/h4-7,13,15,20H,8-11,14,16,29H2,1-3H3,(H2,30,36)/t20-,27-. The molecule has 0 atom stereocenters. The molecule has 1 spiro atoms. The number of benzene rings is 1. The molecule has 1 aliphatic heterocycles. The molecule has 11 nitrogen and oxygen atoms in total. The quantitative estimate of drug-likeness (QED) is 0.526. The van der Waals surface area contributed by atoms with Gasteiger partial charge in [-0.15, -0.1) is 0 Å². The number of primary amides is 1. The van der Waals surface area contributed by atoms with Gasteiger partial charge in [0.05, 0.1) is 30.4 Å². The van der Waals surface area contributed by atoms with Crippen LogP contribution in [0.15, 0.2) is 36.7 Å². The zero-order chi connectivity index (χ0) is 27.2. The maximum absolute atomic E-state index is 12.5. The number of anilines is 1. The van der Waals surface area contributed by atoms with Gasteiger partial charge in [0.15, 0.2) is 0 Å². The summed E-state index contributed by atoms with van der Waals surface area (Å²) in [7, 11) is 0. The average Bonchev–Trinajstić information content (AvgIpc) is 3.54. The molecule has 38 heavy (non-hydrogen) atoms. The number of nitrogen functional groups attached to an aromatic ring is 1. The van der Waals surface area contributed by atoms with Crippen molar-refractivity contribution in [2.24, 2.45) is 11.1 Å². The molecule has 2 amide bonds. The first-order valence-corrected chi connectivity index (χ1v) is 12.7. The Kier molecular flexibility index (Phi) is 6.13. The zero-order valence-corrected chi connectivity index (χ0v) is 21.8. The first-order chi connectivity index (χ1) is 18.0. The SMILES string of the molecule is CC(C)(C)OC(=O)N1CC[C@]2(C1)C[C@H](n1nc(-c3cnn(Cc4ccccc4C#N)c3)c(C(N)=O)c1N)C2. The summed E-state index contributed by atoms with van der Waals surface area (Å²) in [5.41, 5.74) is 14.2. The third kappa shape index (κ3) is 4.69. The Balaban J connectivity index is 1.33. The fraction of sp³-hybridized carbons (Fsp3) is 0.444. The number of hydrogen-bond donors (Lipinski definition) is 2. The average molecular weight is 517 g/mol. The maximum Gasteiger partial charge on any atom is 0.410 e. The molecule has 5 rings (SSSR count). The van der Waals surface area contributed by atoms with E-state index in [4.69, 9.17) is 21.3 Å². The molecule has 2 aromatic heterocycles. The molecule has 198 valence electrons. The van der Waals surface area contributed by atoms with E-state index >= 15 is 0 Å². The van der Waals surface area contributed by atoms with Gasteiger partial charge in [0.1, 0.15) is 22.7 Å². The van der Waals surface area contributed by atoms with Gasteiger partial charge in [-0.1, -0.05) is 18.2 Å². The first-order valence-electron chi connectivity index (χ1n) is 12.7. The third-order valence-corrected chi connectivity index (χ3v) is 7.34. The van der Waals surface area contributed by atoms with Crippen molar-refractivity contribution in [2.75, 3.05) is 18.8 Å². The zero-order valence-electron chi connectivity index (χ0n) is 21.8. The van der Waals surface area contributed by atoms with E-state index in [0.29, 0.717) is 36.5 Å². The van der Waals surface area contributed by atoms with Crippen LogP contribution in [0.5, 0.6) is 0 Å². The molecule has 1 saturated carbocycles. The summed E-state index contributed by atoms with van der Waals surface area (Å²) in [5, 5.41) is 18.5. The van der Waals surface area contributed by atoms with Crippen LogP contribution in [0.3, 0.4) is 0 Å². The second kappa shape index (κ2) is 9.20. The molecular formula is C27H32N8O3. The van der Waals surface area contributed by atoms with Crippen LogP contribution in [0, 0.1) is 16.7 Å². The van der Waals surface area contributed by atoms with Gasteiger partial charge in [-0.3, -0.25) is 9.48 Å². The molecule has 2 fully saturated rings. The summed E-state index contributed by atoms with van der Waals surface area (Å²) < 4.78 is 8.92. The van der Waals surface area contributed by atoms with Crippen LogP contribution in [0.1, 0.15) is 67.6 Å². The van der Waals surface area contributed by atoms with Crippen molar-refractivity contribution in [2.45, 2.75) is 58.2 Å². The lowest BCUT2D eigenvalue weighted by molar-refractivity contribution is 0.0187. The van der Waals surface area contributed by atoms with Crippen molar-refractivity contribution in [3.63, 3.8) is 0 Å². The number of ether oxygens (including phenoxy) is 1. The number of rotatable bonds is 5. The Morgan fingerprint density at radius 2 is 2.00 bits per heavy atom. The van der Waals surface area contributed by atoms with Crippen LogP contribution in [0.2, 0.25) is 0 Å². The van der Waals surface area contributed by atoms with E-state index in [1.54, 1.807) is 32.7 Å². The fourth-order valence-corrected chi connectivity index (χ4v) is 5.55. The van der Waals surface area contributed by atoms with Crippen molar-refractivity contribution in [1.82, 2.24) is 24.5 Å². The maximum atomic E-state index is 12.5. The third-order valence-electron chi connectivity index (χ3n) is 7.34. The van der Waals surface area contributed by atoms with Crippen LogP contribution in [-0.4, -0.2) is 55.2 Å². The lowest BCUT2D eigenvalue weighted by Crippen LogP contribution is -2.43. The minimum atomic E-state index is -0.655. The second-order valence-corrected chi connectivity index (χ2v) is 11.3. The second-order valence-electron chi connectivity index (χ2n) is 11.3. The van der Waals surface area contributed by atoms with E-state index in [9.17, 15) is 14.9 Å². The smallest absolute Gasteiger partial charge is 0.410 e. The van der Waals surface area contributed by atoms with Crippen LogP contribution < -0.4 is 11.5 Å². The largest absolute Gasteiger partial charge is 0.444 e. The molecule has 3 heterocycles. The number of aromatic nitrogens is 4. The summed E-state index contributed by atoms with van der Waals surface area (Å²) in [5.74, 6) is -0.422. The topological polar surface area (TPSA) is 158 Å². The van der Waals surface area contributed by atoms with Gasteiger partial charge in [-0.05, 0) is 57.1 Å². The van der Waals surface area contributed by atoms with Crippen LogP contribution in [0.25, 0.3) is 11.3 Å². The van der Waals surface area contributed by atoms with Gasteiger partial charge in [0.2, 0.25) is 0 Å². The molecule has 1 aromatic carbocycles. The van der Waals surface area contributed by atoms with Crippen molar-refractivity contribution >= 4 is 17.8 Å². The van der Waals surface area contributed by atoms with E-state index in [0.717, 1.165) is 24.8 Å². The summed E-state index contributed by atoms with van der Waals surface area (Å²) in [4.78, 5) is 26.7. The fourth-order valence-electron chi connectivity index (χ4n) is 5.55. The highest BCUT2D eigenvalue weighted by Crippen LogP contribution is 2.55. The highest BCUT2D eigenvalue weighted by atomic mass is 16.6. The summed E-state index contributed by atoms with van der Waals surface area (Å²) in [6, 6.07) is 9.51. The van der Waals surface area contributed by atoms with Crippen LogP contribution in [-0.2, 0) is 11.3 Å². The Bertz CT molecular complexity index is 1440. The molecule has 0 radical (unpaired) electrons. The van der Waals surface area contributed by atoms with E-state index in [2.05, 4.69) is 11.2 Å². The molecule has 3 aromatic rings. The lowest BCUT2D eigenvalue weighted by Gasteiger charge is -2.45. The molecular weight excluding hydrogens is 484 g/mol. The van der Waals surface area contributed by atoms with Crippen molar-refractivity contribution in [3.05, 3.63) is 53.3 Å². The lowest BCUT2D eigenvalue weighted by atomic mass is 9.65. The van der Waals surface area contributed by atoms with Crippen molar-refractivity contribution < 1.29 is 14.3 Å². The number of carbonyl (C=O) groups is 2. The monoisotopic (exact) mass is 516 g/mol. The van der Waals surface area contributed by atoms with Crippen LogP contribution >= 0.6 is 0 Å². The molecule has 11 heteroatoms. The van der Waals surface area contributed by atoms with E-state index < -0.39 is 11.5 Å². The van der Waals surface area contributed by atoms with Gasteiger partial charge < -0.3 is 21.1 Å². The number of carbonyl (C=O) groups excluding carboxylic acids is 2. The molecule has 0 bridgehead atoms. The first kappa shape index (κ1) is 25.3. The Morgan fingerprint density at radius 1 is 1.26 bits per heavy atom. The summed E-state index contributed by atoms with van der Waals surface area (Å²) in [6.45, 7) is 7.26. The molecule has 2 aliphatic rings. The minimum absolute atomic E-state index is 0.00186. The highest BCUT2D eigenvalue weighted by Gasteiger charge is 2.51. The number of nitriles is 1.